The van der Waals surface area contributed by atoms with Crippen molar-refractivity contribution in [2.45, 2.75) is 51.7 Å². The number of benzene rings is 1. The third-order valence-electron chi connectivity index (χ3n) is 6.78. The van der Waals surface area contributed by atoms with Crippen LogP contribution < -0.4 is 15.8 Å². The van der Waals surface area contributed by atoms with E-state index in [9.17, 15) is 14.4 Å². The second-order valence-electron chi connectivity index (χ2n) is 10.1. The molecule has 0 spiro atoms. The summed E-state index contributed by atoms with van der Waals surface area (Å²) in [5, 5.41) is 3.45. The first kappa shape index (κ1) is 27.3. The van der Waals surface area contributed by atoms with Crippen molar-refractivity contribution in [3.63, 3.8) is 0 Å². The van der Waals surface area contributed by atoms with E-state index < -0.39 is 18.1 Å². The molecule has 10 heteroatoms. The summed E-state index contributed by atoms with van der Waals surface area (Å²) in [7, 11) is 1.31. The number of nitrogens with zero attached hydrogens (tertiary/aromatic N) is 4. The van der Waals surface area contributed by atoms with Gasteiger partial charge in [0.15, 0.2) is 0 Å². The molecule has 3 atom stereocenters. The average molecular weight is 522 g/mol. The normalized spacial score (nSPS) is 17.3. The number of hydrogen-bond acceptors (Lipinski definition) is 8. The summed E-state index contributed by atoms with van der Waals surface area (Å²) in [6.45, 7) is 7.99. The Balaban J connectivity index is 1.67. The van der Waals surface area contributed by atoms with E-state index in [-0.39, 0.29) is 29.8 Å². The van der Waals surface area contributed by atoms with Gasteiger partial charge in [-0.25, -0.2) is 4.98 Å². The molecule has 1 amide bonds. The number of carbonyl (C=O) groups is 2. The highest BCUT2D eigenvalue weighted by atomic mass is 16.5. The number of fused-ring (bicyclic) bond motifs is 1. The molecule has 10 nitrogen and oxygen atoms in total. The number of esters is 1. The Morgan fingerprint density at radius 1 is 1.24 bits per heavy atom. The number of para-hydroxylation sites is 1. The van der Waals surface area contributed by atoms with Gasteiger partial charge in [-0.15, -0.1) is 0 Å². The minimum absolute atomic E-state index is 0.0781. The highest BCUT2D eigenvalue weighted by Gasteiger charge is 2.29. The molecule has 4 rings (SSSR count). The molecule has 1 aliphatic heterocycles. The van der Waals surface area contributed by atoms with Crippen LogP contribution in [0.15, 0.2) is 53.8 Å². The van der Waals surface area contributed by atoms with Crippen LogP contribution in [0.25, 0.3) is 10.9 Å². The molecule has 3 aromatic rings. The lowest BCUT2D eigenvalue weighted by molar-refractivity contribution is -0.141. The van der Waals surface area contributed by atoms with Crippen LogP contribution >= 0.6 is 0 Å². The standard InChI is InChI=1S/C28H35N5O5/c1-18(2)11-25(33-17-30-23-8-6-5-7-22(23)28(33)36)27(35)31-24(13-26(34)37-4)20-12-21(15-29-14-20)32-9-10-38-16-19(32)3/h5-8,12,14-15,17-19,24-25H,9-11,13,16H2,1-4H3,(H,31,35). The first-order valence-corrected chi connectivity index (χ1v) is 12.9. The zero-order chi connectivity index (χ0) is 27.2. The third-order valence-corrected chi connectivity index (χ3v) is 6.78. The van der Waals surface area contributed by atoms with E-state index in [1.807, 2.05) is 26.0 Å². The fourth-order valence-electron chi connectivity index (χ4n) is 4.77. The Morgan fingerprint density at radius 3 is 2.76 bits per heavy atom. The minimum atomic E-state index is -0.810. The number of aromatic nitrogens is 3. The van der Waals surface area contributed by atoms with E-state index >= 15 is 0 Å². The fraction of sp³-hybridized carbons (Fsp3) is 0.464. The van der Waals surface area contributed by atoms with E-state index in [1.54, 1.807) is 30.6 Å². The molecule has 0 aliphatic carbocycles. The molecule has 0 saturated carbocycles. The smallest absolute Gasteiger partial charge is 0.307 e. The predicted molar refractivity (Wildman–Crippen MR) is 144 cm³/mol. The van der Waals surface area contributed by atoms with Crippen molar-refractivity contribution in [1.82, 2.24) is 19.9 Å². The highest BCUT2D eigenvalue weighted by molar-refractivity contribution is 5.83. The van der Waals surface area contributed by atoms with Crippen molar-refractivity contribution in [3.8, 4) is 0 Å². The van der Waals surface area contributed by atoms with Gasteiger partial charge in [0.1, 0.15) is 6.04 Å². The van der Waals surface area contributed by atoms with Crippen molar-refractivity contribution in [2.24, 2.45) is 5.92 Å². The fourth-order valence-corrected chi connectivity index (χ4v) is 4.77. The zero-order valence-corrected chi connectivity index (χ0v) is 22.3. The van der Waals surface area contributed by atoms with Gasteiger partial charge in [-0.05, 0) is 43.0 Å². The van der Waals surface area contributed by atoms with Crippen LogP contribution in [-0.2, 0) is 19.1 Å². The maximum atomic E-state index is 13.8. The SMILES string of the molecule is COC(=O)CC(NC(=O)C(CC(C)C)n1cnc2ccccc2c1=O)c1cncc(N2CCOCC2C)c1. The van der Waals surface area contributed by atoms with E-state index in [0.717, 1.165) is 5.69 Å². The van der Waals surface area contributed by atoms with Crippen LogP contribution in [0.3, 0.4) is 0 Å². The Hall–Kier alpha value is -3.79. The number of carbonyl (C=O) groups excluding carboxylic acids is 2. The molecular weight excluding hydrogens is 486 g/mol. The monoisotopic (exact) mass is 521 g/mol. The van der Waals surface area contributed by atoms with Crippen LogP contribution in [-0.4, -0.2) is 59.3 Å². The molecule has 1 N–H and O–H groups in total. The quantitative estimate of drug-likeness (QED) is 0.427. The van der Waals surface area contributed by atoms with Crippen LogP contribution in [0, 0.1) is 5.92 Å². The molecule has 1 fully saturated rings. The van der Waals surface area contributed by atoms with E-state index in [4.69, 9.17) is 9.47 Å². The third kappa shape index (κ3) is 6.19. The summed E-state index contributed by atoms with van der Waals surface area (Å²) < 4.78 is 11.9. The summed E-state index contributed by atoms with van der Waals surface area (Å²) in [5.41, 5.74) is 1.84. The molecule has 0 bridgehead atoms. The molecule has 3 unspecified atom stereocenters. The van der Waals surface area contributed by atoms with Crippen molar-refractivity contribution in [1.29, 1.82) is 0 Å². The van der Waals surface area contributed by atoms with Crippen LogP contribution in [0.4, 0.5) is 5.69 Å². The summed E-state index contributed by atoms with van der Waals surface area (Å²) >= 11 is 0. The molecule has 3 heterocycles. The van der Waals surface area contributed by atoms with Gasteiger partial charge in [-0.1, -0.05) is 26.0 Å². The number of methoxy groups -OCH3 is 1. The average Bonchev–Trinajstić information content (AvgIpc) is 2.92. The first-order chi connectivity index (χ1) is 18.3. The lowest BCUT2D eigenvalue weighted by Gasteiger charge is -2.35. The number of morpholine rings is 1. The van der Waals surface area contributed by atoms with Gasteiger partial charge in [-0.3, -0.25) is 23.9 Å². The van der Waals surface area contributed by atoms with Crippen molar-refractivity contribution in [3.05, 3.63) is 65.0 Å². The Bertz CT molecular complexity index is 1340. The first-order valence-electron chi connectivity index (χ1n) is 12.9. The Morgan fingerprint density at radius 2 is 2.03 bits per heavy atom. The molecule has 2 aromatic heterocycles. The van der Waals surface area contributed by atoms with Crippen LogP contribution in [0.2, 0.25) is 0 Å². The topological polar surface area (TPSA) is 116 Å². The minimum Gasteiger partial charge on any atom is -0.469 e. The number of amides is 1. The number of nitrogens with one attached hydrogen (secondary N) is 1. The second kappa shape index (κ2) is 12.2. The predicted octanol–water partition coefficient (Wildman–Crippen LogP) is 3.02. The Kier molecular flexibility index (Phi) is 8.73. The molecule has 1 aliphatic rings. The van der Waals surface area contributed by atoms with Crippen molar-refractivity contribution in [2.75, 3.05) is 31.8 Å². The Labute approximate surface area is 222 Å². The maximum absolute atomic E-state index is 13.8. The van der Waals surface area contributed by atoms with E-state index in [1.165, 1.54) is 18.0 Å². The summed E-state index contributed by atoms with van der Waals surface area (Å²) in [6.07, 6.45) is 5.17. The summed E-state index contributed by atoms with van der Waals surface area (Å²) in [4.78, 5) is 50.4. The van der Waals surface area contributed by atoms with Gasteiger partial charge >= 0.3 is 5.97 Å². The molecule has 1 aromatic carbocycles. The van der Waals surface area contributed by atoms with Gasteiger partial charge in [0.05, 0.1) is 61.9 Å². The number of pyridine rings is 1. The van der Waals surface area contributed by atoms with Gasteiger partial charge < -0.3 is 19.7 Å². The highest BCUT2D eigenvalue weighted by Crippen LogP contribution is 2.26. The second-order valence-corrected chi connectivity index (χ2v) is 10.1. The summed E-state index contributed by atoms with van der Waals surface area (Å²) in [5.74, 6) is -0.724. The van der Waals surface area contributed by atoms with E-state index in [0.29, 0.717) is 42.6 Å². The number of hydrogen-bond donors (Lipinski definition) is 1. The lowest BCUT2D eigenvalue weighted by Crippen LogP contribution is -2.44. The number of anilines is 1. The van der Waals surface area contributed by atoms with Crippen LogP contribution in [0.5, 0.6) is 0 Å². The molecule has 38 heavy (non-hydrogen) atoms. The lowest BCUT2D eigenvalue weighted by atomic mass is 10.00. The van der Waals surface area contributed by atoms with Crippen LogP contribution in [0.1, 0.15) is 51.3 Å². The van der Waals surface area contributed by atoms with Crippen molar-refractivity contribution >= 4 is 28.5 Å². The molecule has 0 radical (unpaired) electrons. The number of rotatable bonds is 9. The summed E-state index contributed by atoms with van der Waals surface area (Å²) in [6, 6.07) is 7.65. The molecule has 202 valence electrons. The van der Waals surface area contributed by atoms with E-state index in [2.05, 4.69) is 27.1 Å². The zero-order valence-electron chi connectivity index (χ0n) is 22.3. The van der Waals surface area contributed by atoms with Gasteiger partial charge in [0.2, 0.25) is 5.91 Å². The van der Waals surface area contributed by atoms with Crippen molar-refractivity contribution < 1.29 is 19.1 Å². The number of ether oxygens (including phenoxy) is 2. The molecule has 1 saturated heterocycles. The largest absolute Gasteiger partial charge is 0.469 e. The van der Waals surface area contributed by atoms with Gasteiger partial charge in [-0.2, -0.15) is 0 Å². The van der Waals surface area contributed by atoms with Gasteiger partial charge in [0, 0.05) is 18.8 Å². The molecular formula is C28H35N5O5. The van der Waals surface area contributed by atoms with Gasteiger partial charge in [0.25, 0.3) is 5.56 Å². The maximum Gasteiger partial charge on any atom is 0.307 e.